The standard InChI is InChI=1S/C60H86N3O13P.ClH/c1-58-26-25-47(64)35-46(58)22-23-48-49-36-54-60(59(49,2)37-50(65)56(48)58,75-57(74-54)43-19-10-7-11-20-43)53(67)41-73-55(68)39-62-28-30-63(3,31-29-62)40-45-34-44(21-24-52(45)76-77(69,70)71)51(66)38-61-27-13-4-5-14-32-72-33-15-12-18-42-16-8-6-9-17-42;/h6,8-9,16-17,21,24-26,34-35,43,48-51,54,56-57,61,65-66H,4-5,7,10-15,18-20,22-23,27-33,36-41H2,1-3H3,(H-,69,70,71);1H/t48-,49-,50-,51?,54+,56+,57+,58-,59-,60+;/m0./s1. The number of benzene rings is 2. The van der Waals surface area contributed by atoms with Crippen molar-refractivity contribution < 1.29 is 79.3 Å². The number of quaternary nitrogens is 1. The molecule has 4 saturated carbocycles. The van der Waals surface area contributed by atoms with E-state index in [1.165, 1.54) is 11.6 Å². The van der Waals surface area contributed by atoms with Crippen molar-refractivity contribution in [3.05, 3.63) is 89.0 Å². The first-order chi connectivity index (χ1) is 36.9. The first-order valence-corrected chi connectivity index (χ1v) is 30.5. The quantitative estimate of drug-likeness (QED) is 0.0395. The molecule has 6 fully saturated rings. The summed E-state index contributed by atoms with van der Waals surface area (Å²) in [4.78, 5) is 62.8. The SMILES string of the molecule is C[C@]12C=CC(=O)C=C1CC[C@@H]1[C@@H]2[C@@H](O)C[C@@]2(C)[C@H]1C[C@H]1O[C@@H](C3CCCCC3)O[C@]12C(=O)COC(=O)CN1CC[N+](C)(Cc2cc(C(O)CNCCCCCCOCCCCc3ccccc3)ccc2OP(=O)(O)O)CC1.[Cl-]. The van der Waals surface area contributed by atoms with Gasteiger partial charge in [0.15, 0.2) is 24.3 Å². The molecule has 0 radical (unpaired) electrons. The molecule has 2 aromatic rings. The van der Waals surface area contributed by atoms with Gasteiger partial charge in [-0.1, -0.05) is 94.0 Å². The fourth-order valence-corrected chi connectivity index (χ4v) is 15.4. The van der Waals surface area contributed by atoms with Crippen LogP contribution in [0, 0.1) is 34.5 Å². The summed E-state index contributed by atoms with van der Waals surface area (Å²) in [5.41, 5.74) is 0.964. The number of unbranched alkanes of at least 4 members (excludes halogenated alkanes) is 4. The Morgan fingerprint density at radius 2 is 1.69 bits per heavy atom. The largest absolute Gasteiger partial charge is 1.00 e. The number of hydrogen-bond donors (Lipinski definition) is 5. The number of fused-ring (bicyclic) bond motifs is 7. The van der Waals surface area contributed by atoms with E-state index >= 15 is 4.79 Å². The number of hydrogen-bond acceptors (Lipinski definition) is 13. The molecule has 0 aromatic heterocycles. The molecule has 9 rings (SSSR count). The lowest BCUT2D eigenvalue weighted by Crippen LogP contribution is -3.00. The number of Topliss-reactive ketones (excluding diaryl/α,β-unsaturated/α-hetero) is 1. The summed E-state index contributed by atoms with van der Waals surface area (Å²) >= 11 is 0. The summed E-state index contributed by atoms with van der Waals surface area (Å²) < 4.78 is 43.4. The number of aliphatic hydroxyl groups excluding tert-OH is 2. The maximum atomic E-state index is 15.0. The lowest BCUT2D eigenvalue weighted by Gasteiger charge is -2.59. The maximum Gasteiger partial charge on any atom is 0.524 e. The number of phosphoric ester groups is 1. The highest BCUT2D eigenvalue weighted by molar-refractivity contribution is 7.46. The van der Waals surface area contributed by atoms with Gasteiger partial charge in [0.25, 0.3) is 0 Å². The molecule has 2 aliphatic heterocycles. The van der Waals surface area contributed by atoms with Crippen molar-refractivity contribution in [1.29, 1.82) is 0 Å². The highest BCUT2D eigenvalue weighted by Crippen LogP contribution is 2.70. The zero-order chi connectivity index (χ0) is 54.4. The molecule has 5 N–H and O–H groups in total. The zero-order valence-electron chi connectivity index (χ0n) is 46.2. The summed E-state index contributed by atoms with van der Waals surface area (Å²) in [5, 5.41) is 26.8. The van der Waals surface area contributed by atoms with E-state index in [-0.39, 0.29) is 59.9 Å². The van der Waals surface area contributed by atoms with Gasteiger partial charge in [0, 0.05) is 61.1 Å². The van der Waals surface area contributed by atoms with Gasteiger partial charge in [-0.15, -0.1) is 0 Å². The van der Waals surface area contributed by atoms with Crippen LogP contribution in [-0.2, 0) is 50.9 Å². The molecule has 16 nitrogen and oxygen atoms in total. The summed E-state index contributed by atoms with van der Waals surface area (Å²) in [5.74, 6) is -0.683. The first-order valence-electron chi connectivity index (χ1n) is 29.0. The Labute approximate surface area is 468 Å². The number of nitrogens with one attached hydrogen (secondary N) is 1. The molecule has 432 valence electrons. The van der Waals surface area contributed by atoms with Crippen molar-refractivity contribution in [2.45, 2.75) is 153 Å². The van der Waals surface area contributed by atoms with Crippen molar-refractivity contribution in [1.82, 2.24) is 10.2 Å². The van der Waals surface area contributed by atoms with Gasteiger partial charge in [-0.05, 0) is 124 Å². The van der Waals surface area contributed by atoms with E-state index in [1.807, 2.05) is 17.0 Å². The predicted octanol–water partition coefficient (Wildman–Crippen LogP) is 4.71. The third kappa shape index (κ3) is 13.8. The number of nitrogens with zero attached hydrogens (tertiary/aromatic N) is 2. The van der Waals surface area contributed by atoms with E-state index in [0.717, 1.165) is 115 Å². The molecule has 5 aliphatic carbocycles. The molecule has 1 unspecified atom stereocenters. The average Bonchev–Trinajstić information content (AvgIpc) is 4.02. The lowest BCUT2D eigenvalue weighted by atomic mass is 9.46. The van der Waals surface area contributed by atoms with Gasteiger partial charge >= 0.3 is 13.8 Å². The van der Waals surface area contributed by atoms with Crippen LogP contribution in [0.2, 0.25) is 0 Å². The summed E-state index contributed by atoms with van der Waals surface area (Å²) in [6, 6.07) is 15.4. The van der Waals surface area contributed by atoms with E-state index in [2.05, 4.69) is 50.5 Å². The molecule has 7 aliphatic rings. The minimum absolute atomic E-state index is 0. The van der Waals surface area contributed by atoms with Crippen LogP contribution in [0.15, 0.2) is 72.3 Å². The normalized spacial score (nSPS) is 31.0. The van der Waals surface area contributed by atoms with Crippen LogP contribution in [0.3, 0.4) is 0 Å². The van der Waals surface area contributed by atoms with E-state index < -0.39 is 61.4 Å². The summed E-state index contributed by atoms with van der Waals surface area (Å²) in [6.07, 6.45) is 17.8. The number of ketones is 2. The van der Waals surface area contributed by atoms with Gasteiger partial charge < -0.3 is 55.9 Å². The molecule has 0 spiro atoms. The van der Waals surface area contributed by atoms with Gasteiger partial charge in [-0.3, -0.25) is 29.1 Å². The maximum absolute atomic E-state index is 15.0. The molecule has 2 saturated heterocycles. The minimum Gasteiger partial charge on any atom is -1.00 e. The number of halogens is 1. The fourth-order valence-electron chi connectivity index (χ4n) is 15.0. The summed E-state index contributed by atoms with van der Waals surface area (Å²) in [7, 11) is -2.84. The minimum atomic E-state index is -4.89. The van der Waals surface area contributed by atoms with Gasteiger partial charge in [0.1, 0.15) is 12.3 Å². The second kappa shape index (κ2) is 26.3. The number of aliphatic hydroxyl groups is 2. The van der Waals surface area contributed by atoms with E-state index in [9.17, 15) is 34.2 Å². The van der Waals surface area contributed by atoms with Crippen molar-refractivity contribution in [3.63, 3.8) is 0 Å². The Kier molecular flexibility index (Phi) is 20.5. The Balaban J connectivity index is 0.00000803. The Hall–Kier alpha value is -3.35. The van der Waals surface area contributed by atoms with Crippen LogP contribution in [-0.4, -0.2) is 144 Å². The second-order valence-corrected chi connectivity index (χ2v) is 25.6. The molecule has 78 heavy (non-hydrogen) atoms. The van der Waals surface area contributed by atoms with Crippen LogP contribution in [0.5, 0.6) is 5.75 Å². The zero-order valence-corrected chi connectivity index (χ0v) is 47.9. The number of phosphoric acid groups is 1. The van der Waals surface area contributed by atoms with Gasteiger partial charge in [-0.2, -0.15) is 0 Å². The lowest BCUT2D eigenvalue weighted by molar-refractivity contribution is -0.926. The monoisotopic (exact) mass is 1120 g/mol. The number of rotatable bonds is 25. The number of allylic oxidation sites excluding steroid dienone is 4. The molecule has 10 atom stereocenters. The molecule has 0 bridgehead atoms. The predicted molar refractivity (Wildman–Crippen MR) is 290 cm³/mol. The highest BCUT2D eigenvalue weighted by Gasteiger charge is 2.76. The average molecular weight is 1120 g/mol. The van der Waals surface area contributed by atoms with Gasteiger partial charge in [0.05, 0.1) is 45.0 Å². The molecule has 2 aromatic carbocycles. The van der Waals surface area contributed by atoms with Gasteiger partial charge in [0.2, 0.25) is 5.78 Å². The van der Waals surface area contributed by atoms with Crippen LogP contribution < -0.4 is 22.2 Å². The highest BCUT2D eigenvalue weighted by atomic mass is 35.5. The molecular weight excluding hydrogens is 1040 g/mol. The Bertz CT molecular complexity index is 2480. The number of esters is 1. The number of carbonyl (C=O) groups is 3. The number of aryl methyl sites for hydroxylation is 1. The van der Waals surface area contributed by atoms with Crippen LogP contribution >= 0.6 is 7.82 Å². The Morgan fingerprint density at radius 1 is 0.962 bits per heavy atom. The summed E-state index contributed by atoms with van der Waals surface area (Å²) in [6.45, 7) is 8.97. The van der Waals surface area contributed by atoms with Crippen LogP contribution in [0.1, 0.15) is 133 Å². The van der Waals surface area contributed by atoms with E-state index in [4.69, 9.17) is 23.5 Å². The second-order valence-electron chi connectivity index (χ2n) is 24.4. The smallest absolute Gasteiger partial charge is 0.524 e. The molecule has 18 heteroatoms. The van der Waals surface area contributed by atoms with Crippen LogP contribution in [0.25, 0.3) is 0 Å². The van der Waals surface area contributed by atoms with Gasteiger partial charge in [-0.25, -0.2) is 4.57 Å². The molecule has 2 heterocycles. The fraction of sp³-hybridized carbons (Fsp3) is 0.683. The molecular formula is C60H87ClN3O13P. The number of ether oxygens (including phenoxy) is 4. The first kappa shape index (κ1) is 60.7. The Morgan fingerprint density at radius 3 is 2.44 bits per heavy atom. The van der Waals surface area contributed by atoms with Crippen LogP contribution in [0.4, 0.5) is 0 Å². The van der Waals surface area contributed by atoms with Crippen molar-refractivity contribution in [2.75, 3.05) is 72.7 Å². The number of piperazine rings is 1. The number of likely N-dealkylation sites (N-methyl/N-ethyl adjacent to an activating group) is 1. The third-order valence-electron chi connectivity index (χ3n) is 19.1. The van der Waals surface area contributed by atoms with E-state index in [0.29, 0.717) is 67.7 Å². The van der Waals surface area contributed by atoms with Crippen molar-refractivity contribution in [2.24, 2.45) is 34.5 Å². The number of carbonyl (C=O) groups excluding carboxylic acids is 3. The third-order valence-corrected chi connectivity index (χ3v) is 19.6. The van der Waals surface area contributed by atoms with Crippen molar-refractivity contribution in [3.8, 4) is 5.75 Å². The van der Waals surface area contributed by atoms with E-state index in [1.54, 1.807) is 24.3 Å². The molecule has 0 amide bonds. The van der Waals surface area contributed by atoms with Crippen molar-refractivity contribution >= 4 is 25.4 Å². The topological polar surface area (TPSA) is 211 Å².